The second-order valence-corrected chi connectivity index (χ2v) is 4.64. The number of rotatable bonds is 2. The molecule has 2 heterocycles. The van der Waals surface area contributed by atoms with E-state index in [0.29, 0.717) is 5.92 Å². The van der Waals surface area contributed by atoms with E-state index in [9.17, 15) is 0 Å². The molecule has 0 aliphatic rings. The molecule has 5 nitrogen and oxygen atoms in total. The summed E-state index contributed by atoms with van der Waals surface area (Å²) < 4.78 is 1.74. The Bertz CT molecular complexity index is 443. The largest absolute Gasteiger partial charge is 0.322 e. The summed E-state index contributed by atoms with van der Waals surface area (Å²) in [5.74, 6) is 1.19. The molecule has 0 spiro atoms. The van der Waals surface area contributed by atoms with Crippen LogP contribution in [-0.2, 0) is 0 Å². The van der Waals surface area contributed by atoms with Crippen molar-refractivity contribution in [2.24, 2.45) is 11.7 Å². The van der Waals surface area contributed by atoms with Crippen LogP contribution < -0.4 is 5.73 Å². The summed E-state index contributed by atoms with van der Waals surface area (Å²) in [6.07, 6.45) is 0. The van der Waals surface area contributed by atoms with Gasteiger partial charge >= 0.3 is 0 Å². The molecular weight excluding hydrogens is 198 g/mol. The molecular formula is C8H13N5S. The SMILES string of the molecule is Cc1nnc2sc(C(N)C(C)C)nn12. The molecule has 1 atom stereocenters. The summed E-state index contributed by atoms with van der Waals surface area (Å²) in [5.41, 5.74) is 6.00. The average molecular weight is 211 g/mol. The molecule has 2 rings (SSSR count). The van der Waals surface area contributed by atoms with Crippen LogP contribution in [0.25, 0.3) is 4.96 Å². The molecule has 14 heavy (non-hydrogen) atoms. The third-order valence-electron chi connectivity index (χ3n) is 2.17. The van der Waals surface area contributed by atoms with Crippen LogP contribution >= 0.6 is 11.3 Å². The van der Waals surface area contributed by atoms with E-state index < -0.39 is 0 Å². The maximum Gasteiger partial charge on any atom is 0.234 e. The summed E-state index contributed by atoms with van der Waals surface area (Å²) >= 11 is 1.51. The van der Waals surface area contributed by atoms with E-state index >= 15 is 0 Å². The lowest BCUT2D eigenvalue weighted by Crippen LogP contribution is -2.16. The first-order valence-electron chi connectivity index (χ1n) is 4.54. The first-order chi connectivity index (χ1) is 6.59. The van der Waals surface area contributed by atoms with Gasteiger partial charge in [0.2, 0.25) is 4.96 Å². The third kappa shape index (κ3) is 1.40. The number of hydrogen-bond donors (Lipinski definition) is 1. The topological polar surface area (TPSA) is 69.1 Å². The van der Waals surface area contributed by atoms with Crippen LogP contribution in [0.2, 0.25) is 0 Å². The molecule has 0 amide bonds. The fourth-order valence-corrected chi connectivity index (χ4v) is 2.21. The number of nitrogens with zero attached hydrogens (tertiary/aromatic N) is 4. The molecule has 6 heteroatoms. The molecule has 0 bridgehead atoms. The van der Waals surface area contributed by atoms with Crippen LogP contribution in [0.1, 0.15) is 30.7 Å². The molecule has 0 aromatic carbocycles. The second kappa shape index (κ2) is 3.29. The summed E-state index contributed by atoms with van der Waals surface area (Å²) in [5, 5.41) is 13.2. The van der Waals surface area contributed by atoms with E-state index in [2.05, 4.69) is 29.1 Å². The number of aryl methyl sites for hydroxylation is 1. The Balaban J connectivity index is 2.45. The van der Waals surface area contributed by atoms with Gasteiger partial charge in [-0.15, -0.1) is 10.2 Å². The lowest BCUT2D eigenvalue weighted by molar-refractivity contribution is 0.506. The highest BCUT2D eigenvalue weighted by atomic mass is 32.1. The van der Waals surface area contributed by atoms with Gasteiger partial charge in [0.05, 0.1) is 6.04 Å². The fourth-order valence-electron chi connectivity index (χ4n) is 1.15. The Morgan fingerprint density at radius 3 is 2.64 bits per heavy atom. The fraction of sp³-hybridized carbons (Fsp3) is 0.625. The Morgan fingerprint density at radius 1 is 1.36 bits per heavy atom. The summed E-state index contributed by atoms with van der Waals surface area (Å²) in [4.78, 5) is 0.814. The van der Waals surface area contributed by atoms with Gasteiger partial charge < -0.3 is 5.73 Å². The minimum atomic E-state index is -0.0129. The lowest BCUT2D eigenvalue weighted by Gasteiger charge is -2.10. The normalized spacial score (nSPS) is 14.1. The van der Waals surface area contributed by atoms with Crippen molar-refractivity contribution in [1.82, 2.24) is 19.8 Å². The van der Waals surface area contributed by atoms with E-state index in [4.69, 9.17) is 5.73 Å². The minimum absolute atomic E-state index is 0.0129. The number of nitrogens with two attached hydrogens (primary N) is 1. The average Bonchev–Trinajstić information content (AvgIpc) is 2.67. The first kappa shape index (κ1) is 9.54. The highest BCUT2D eigenvalue weighted by molar-refractivity contribution is 7.16. The molecule has 1 unspecified atom stereocenters. The molecule has 76 valence electrons. The molecule has 0 aliphatic heterocycles. The van der Waals surface area contributed by atoms with Crippen LogP contribution in [0.5, 0.6) is 0 Å². The molecule has 0 fully saturated rings. The number of fused-ring (bicyclic) bond motifs is 1. The summed E-state index contributed by atoms with van der Waals surface area (Å²) in [6.45, 7) is 6.05. The Morgan fingerprint density at radius 2 is 2.07 bits per heavy atom. The third-order valence-corrected chi connectivity index (χ3v) is 3.17. The quantitative estimate of drug-likeness (QED) is 0.809. The predicted octanol–water partition coefficient (Wildman–Crippen LogP) is 1.15. The molecule has 2 N–H and O–H groups in total. The first-order valence-corrected chi connectivity index (χ1v) is 5.35. The highest BCUT2D eigenvalue weighted by Crippen LogP contribution is 2.23. The Kier molecular flexibility index (Phi) is 2.24. The van der Waals surface area contributed by atoms with Crippen molar-refractivity contribution >= 4 is 16.3 Å². The standard InChI is InChI=1S/C8H13N5S/c1-4(2)6(9)7-12-13-5(3)10-11-8(13)14-7/h4,6H,9H2,1-3H3. The van der Waals surface area contributed by atoms with E-state index in [1.807, 2.05) is 6.92 Å². The zero-order chi connectivity index (χ0) is 10.3. The van der Waals surface area contributed by atoms with Crippen molar-refractivity contribution < 1.29 is 0 Å². The molecule has 0 aliphatic carbocycles. The van der Waals surface area contributed by atoms with Gasteiger partial charge in [-0.2, -0.15) is 9.61 Å². The van der Waals surface area contributed by atoms with Crippen LogP contribution in [-0.4, -0.2) is 19.8 Å². The minimum Gasteiger partial charge on any atom is -0.322 e. The molecule has 2 aromatic heterocycles. The van der Waals surface area contributed by atoms with Gasteiger partial charge in [0, 0.05) is 0 Å². The van der Waals surface area contributed by atoms with Gasteiger partial charge in [-0.1, -0.05) is 25.2 Å². The molecule has 0 radical (unpaired) electrons. The van der Waals surface area contributed by atoms with E-state index in [1.54, 1.807) is 4.52 Å². The maximum absolute atomic E-state index is 6.00. The van der Waals surface area contributed by atoms with E-state index in [0.717, 1.165) is 15.8 Å². The van der Waals surface area contributed by atoms with Crippen molar-refractivity contribution in [2.45, 2.75) is 26.8 Å². The molecule has 2 aromatic rings. The van der Waals surface area contributed by atoms with Crippen LogP contribution in [0.15, 0.2) is 0 Å². The van der Waals surface area contributed by atoms with Gasteiger partial charge in [0.1, 0.15) is 5.01 Å². The van der Waals surface area contributed by atoms with Crippen LogP contribution in [0, 0.1) is 12.8 Å². The smallest absolute Gasteiger partial charge is 0.234 e. The number of aromatic nitrogens is 4. The van der Waals surface area contributed by atoms with Gasteiger partial charge in [-0.25, -0.2) is 0 Å². The molecule has 0 saturated heterocycles. The van der Waals surface area contributed by atoms with E-state index in [1.165, 1.54) is 11.3 Å². The van der Waals surface area contributed by atoms with Gasteiger partial charge in [0.15, 0.2) is 5.82 Å². The van der Waals surface area contributed by atoms with Gasteiger partial charge in [-0.3, -0.25) is 0 Å². The van der Waals surface area contributed by atoms with Crippen molar-refractivity contribution in [1.29, 1.82) is 0 Å². The predicted molar refractivity (Wildman–Crippen MR) is 55.2 cm³/mol. The number of hydrogen-bond acceptors (Lipinski definition) is 5. The summed E-state index contributed by atoms with van der Waals surface area (Å²) in [6, 6.07) is -0.0129. The van der Waals surface area contributed by atoms with Crippen molar-refractivity contribution in [3.05, 3.63) is 10.8 Å². The van der Waals surface area contributed by atoms with Crippen LogP contribution in [0.3, 0.4) is 0 Å². The van der Waals surface area contributed by atoms with Crippen LogP contribution in [0.4, 0.5) is 0 Å². The maximum atomic E-state index is 6.00. The zero-order valence-corrected chi connectivity index (χ0v) is 9.25. The summed E-state index contributed by atoms with van der Waals surface area (Å²) in [7, 11) is 0. The van der Waals surface area contributed by atoms with Gasteiger partial charge in [0.25, 0.3) is 0 Å². The van der Waals surface area contributed by atoms with Crippen molar-refractivity contribution in [3.63, 3.8) is 0 Å². The monoisotopic (exact) mass is 211 g/mol. The Labute approximate surface area is 86.0 Å². The van der Waals surface area contributed by atoms with E-state index in [-0.39, 0.29) is 6.04 Å². The van der Waals surface area contributed by atoms with Crippen molar-refractivity contribution in [3.8, 4) is 0 Å². The highest BCUT2D eigenvalue weighted by Gasteiger charge is 2.17. The van der Waals surface area contributed by atoms with Crippen molar-refractivity contribution in [2.75, 3.05) is 0 Å². The second-order valence-electron chi connectivity index (χ2n) is 3.65. The lowest BCUT2D eigenvalue weighted by atomic mass is 10.1. The molecule has 0 saturated carbocycles. The van der Waals surface area contributed by atoms with Gasteiger partial charge in [-0.05, 0) is 12.8 Å². The Hall–Kier alpha value is -1.01. The zero-order valence-electron chi connectivity index (χ0n) is 8.43.